The Balaban J connectivity index is 1.40. The molecular formula is C32H21Br2FN4O5. The van der Waals surface area contributed by atoms with Gasteiger partial charge in [-0.3, -0.25) is 9.59 Å². The zero-order valence-electron chi connectivity index (χ0n) is 22.9. The smallest absolute Gasteiger partial charge is 0.282 e. The molecule has 0 unspecified atom stereocenters. The maximum absolute atomic E-state index is 13.7. The number of hydrogen-bond donors (Lipinski definition) is 1. The van der Waals surface area contributed by atoms with E-state index in [1.54, 1.807) is 48.5 Å². The molecule has 0 aliphatic heterocycles. The van der Waals surface area contributed by atoms with Crippen LogP contribution in [0.25, 0.3) is 33.5 Å². The number of nitrogens with one attached hydrogen (secondary N) is 1. The molecule has 0 fully saturated rings. The van der Waals surface area contributed by atoms with Crippen LogP contribution in [0.2, 0.25) is 0 Å². The lowest BCUT2D eigenvalue weighted by molar-refractivity contribution is -0.118. The highest BCUT2D eigenvalue weighted by molar-refractivity contribution is 9.10. The van der Waals surface area contributed by atoms with Gasteiger partial charge in [-0.05, 0) is 66.7 Å². The molecule has 9 nitrogen and oxygen atoms in total. The largest absolute Gasteiger partial charge is 0.493 e. The molecule has 2 heterocycles. The van der Waals surface area contributed by atoms with Gasteiger partial charge < -0.3 is 19.2 Å². The third-order valence-corrected chi connectivity index (χ3v) is 7.44. The lowest BCUT2D eigenvalue weighted by Crippen LogP contribution is -2.21. The molecule has 44 heavy (non-hydrogen) atoms. The van der Waals surface area contributed by atoms with Crippen molar-refractivity contribution in [3.63, 3.8) is 0 Å². The lowest BCUT2D eigenvalue weighted by atomic mass is 10.2. The molecule has 0 saturated carbocycles. The monoisotopic (exact) mass is 718 g/mol. The molecular weight excluding hydrogens is 699 g/mol. The minimum absolute atomic E-state index is 0.191. The maximum Gasteiger partial charge on any atom is 0.282 e. The molecule has 220 valence electrons. The Morgan fingerprint density at radius 3 is 2.70 bits per heavy atom. The van der Waals surface area contributed by atoms with Crippen molar-refractivity contribution >= 4 is 71.5 Å². The van der Waals surface area contributed by atoms with Gasteiger partial charge in [0, 0.05) is 25.6 Å². The topological polar surface area (TPSA) is 108 Å². The Morgan fingerprint density at radius 2 is 1.89 bits per heavy atom. The molecule has 1 N–H and O–H groups in total. The molecule has 0 bridgehead atoms. The minimum atomic E-state index is -0.516. The van der Waals surface area contributed by atoms with E-state index in [-0.39, 0.29) is 17.3 Å². The molecule has 0 spiro atoms. The number of methoxy groups -OCH3 is 1. The number of nitrogens with zero attached hydrogens (tertiary/aromatic N) is 3. The summed E-state index contributed by atoms with van der Waals surface area (Å²) in [5.41, 5.74) is 1.37. The summed E-state index contributed by atoms with van der Waals surface area (Å²) in [5.74, 6) is 0.0474. The van der Waals surface area contributed by atoms with Crippen LogP contribution in [0, 0.1) is 5.82 Å². The van der Waals surface area contributed by atoms with Crippen LogP contribution in [0.5, 0.6) is 11.5 Å². The Bertz CT molecular complexity index is 2140. The molecule has 2 aromatic heterocycles. The fourth-order valence-corrected chi connectivity index (χ4v) is 5.36. The lowest BCUT2D eigenvalue weighted by Gasteiger charge is -2.14. The molecule has 0 saturated heterocycles. The van der Waals surface area contributed by atoms with Crippen molar-refractivity contribution in [3.8, 4) is 23.1 Å². The van der Waals surface area contributed by atoms with Crippen molar-refractivity contribution in [2.24, 2.45) is 5.10 Å². The predicted molar refractivity (Wildman–Crippen MR) is 173 cm³/mol. The maximum atomic E-state index is 13.7. The number of rotatable bonds is 8. The fourth-order valence-electron chi connectivity index (χ4n) is 4.53. The molecule has 0 aliphatic rings. The van der Waals surface area contributed by atoms with Gasteiger partial charge in [-0.15, -0.1) is 0 Å². The first-order chi connectivity index (χ1) is 21.3. The number of fused-ring (bicyclic) bond motifs is 2. The number of aromatic nitrogens is 2. The second kappa shape index (κ2) is 12.4. The van der Waals surface area contributed by atoms with E-state index in [0.717, 1.165) is 14.5 Å². The summed E-state index contributed by atoms with van der Waals surface area (Å²) in [7, 11) is 1.46. The first-order valence-electron chi connectivity index (χ1n) is 13.1. The van der Waals surface area contributed by atoms with Gasteiger partial charge >= 0.3 is 0 Å². The van der Waals surface area contributed by atoms with Crippen molar-refractivity contribution in [2.75, 3.05) is 19.0 Å². The van der Waals surface area contributed by atoms with Crippen molar-refractivity contribution in [2.45, 2.75) is 0 Å². The number of carbonyl (C=O) groups is 1. The van der Waals surface area contributed by atoms with Gasteiger partial charge in [0.15, 0.2) is 23.9 Å². The van der Waals surface area contributed by atoms with Crippen LogP contribution >= 0.6 is 31.9 Å². The molecule has 0 aliphatic carbocycles. The van der Waals surface area contributed by atoms with Crippen molar-refractivity contribution in [3.05, 3.63) is 116 Å². The van der Waals surface area contributed by atoms with E-state index in [1.807, 2.05) is 18.2 Å². The van der Waals surface area contributed by atoms with Gasteiger partial charge in [0.1, 0.15) is 11.4 Å². The average molecular weight is 720 g/mol. The standard InChI is InChI=1S/C32H21Br2FN4O5/c1-42-27-14-21(34)12-19(30(27)43-17-29(40)37-23-6-4-5-22(35)15-23)16-36-39-31(38-25-8-3-2-7-24(25)32(39)41)28-13-18-11-20(33)9-10-26(18)44-28/h2-16H,17H2,1H3,(H,37,40). The number of para-hydroxylation sites is 1. The summed E-state index contributed by atoms with van der Waals surface area (Å²) in [6.45, 7) is -0.410. The Hall–Kier alpha value is -4.81. The van der Waals surface area contributed by atoms with Gasteiger partial charge in [0.2, 0.25) is 5.82 Å². The van der Waals surface area contributed by atoms with Crippen LogP contribution in [0.1, 0.15) is 5.56 Å². The third kappa shape index (κ3) is 6.12. The zero-order valence-corrected chi connectivity index (χ0v) is 26.1. The van der Waals surface area contributed by atoms with E-state index >= 15 is 0 Å². The van der Waals surface area contributed by atoms with Crippen LogP contribution < -0.4 is 20.3 Å². The second-order valence-electron chi connectivity index (χ2n) is 9.48. The normalized spacial score (nSPS) is 11.4. The average Bonchev–Trinajstić information content (AvgIpc) is 3.43. The molecule has 0 radical (unpaired) electrons. The highest BCUT2D eigenvalue weighted by Crippen LogP contribution is 2.34. The van der Waals surface area contributed by atoms with E-state index in [0.29, 0.717) is 38.0 Å². The third-order valence-electron chi connectivity index (χ3n) is 6.49. The van der Waals surface area contributed by atoms with Crippen molar-refractivity contribution in [1.82, 2.24) is 9.66 Å². The number of benzene rings is 4. The number of furan rings is 1. The number of anilines is 1. The Labute approximate surface area is 266 Å². The van der Waals surface area contributed by atoms with E-state index < -0.39 is 23.9 Å². The summed E-state index contributed by atoms with van der Waals surface area (Å²) >= 11 is 6.93. The quantitative estimate of drug-likeness (QED) is 0.165. The van der Waals surface area contributed by atoms with Crippen LogP contribution in [-0.2, 0) is 4.79 Å². The number of amides is 1. The van der Waals surface area contributed by atoms with E-state index in [2.05, 4.69) is 42.3 Å². The van der Waals surface area contributed by atoms with Crippen LogP contribution in [0.4, 0.5) is 10.1 Å². The summed E-state index contributed by atoms with van der Waals surface area (Å²) < 4.78 is 33.7. The molecule has 4 aromatic carbocycles. The van der Waals surface area contributed by atoms with Gasteiger partial charge in [0.25, 0.3) is 11.5 Å². The second-order valence-corrected chi connectivity index (χ2v) is 11.3. The molecule has 6 rings (SSSR count). The van der Waals surface area contributed by atoms with Crippen molar-refractivity contribution in [1.29, 1.82) is 0 Å². The summed E-state index contributed by atoms with van der Waals surface area (Å²) in [6.07, 6.45) is 1.41. The van der Waals surface area contributed by atoms with Crippen LogP contribution in [0.3, 0.4) is 0 Å². The molecule has 6 aromatic rings. The highest BCUT2D eigenvalue weighted by Gasteiger charge is 2.18. The summed E-state index contributed by atoms with van der Waals surface area (Å²) in [6, 6.07) is 23.2. The minimum Gasteiger partial charge on any atom is -0.493 e. The Kier molecular flexibility index (Phi) is 8.27. The van der Waals surface area contributed by atoms with Crippen molar-refractivity contribution < 1.29 is 23.1 Å². The number of halogens is 3. The van der Waals surface area contributed by atoms with Gasteiger partial charge in [0.05, 0.1) is 24.2 Å². The summed E-state index contributed by atoms with van der Waals surface area (Å²) in [4.78, 5) is 31.0. The molecule has 12 heteroatoms. The van der Waals surface area contributed by atoms with Crippen LogP contribution in [-0.4, -0.2) is 35.5 Å². The van der Waals surface area contributed by atoms with Crippen LogP contribution in [0.15, 0.2) is 108 Å². The summed E-state index contributed by atoms with van der Waals surface area (Å²) in [5, 5.41) is 8.29. The number of ether oxygens (including phenoxy) is 2. The molecule has 1 amide bonds. The highest BCUT2D eigenvalue weighted by atomic mass is 79.9. The predicted octanol–water partition coefficient (Wildman–Crippen LogP) is 7.38. The number of hydrogen-bond acceptors (Lipinski definition) is 7. The Morgan fingerprint density at radius 1 is 1.05 bits per heavy atom. The van der Waals surface area contributed by atoms with E-state index in [1.165, 1.54) is 31.5 Å². The van der Waals surface area contributed by atoms with Gasteiger partial charge in [-0.2, -0.15) is 9.78 Å². The first-order valence-corrected chi connectivity index (χ1v) is 14.7. The fraction of sp³-hybridized carbons (Fsp3) is 0.0625. The van der Waals surface area contributed by atoms with Gasteiger partial charge in [-0.1, -0.05) is 50.1 Å². The zero-order chi connectivity index (χ0) is 30.8. The van der Waals surface area contributed by atoms with E-state index in [9.17, 15) is 14.0 Å². The SMILES string of the molecule is COc1cc(Br)cc(C=Nn2c(-c3cc4cc(Br)ccc4o3)nc3ccccc3c2=O)c1OCC(=O)Nc1cccc(F)c1. The number of carbonyl (C=O) groups excluding carboxylic acids is 1. The van der Waals surface area contributed by atoms with Gasteiger partial charge in [-0.25, -0.2) is 9.37 Å². The molecule has 0 atom stereocenters. The first kappa shape index (κ1) is 29.3. The van der Waals surface area contributed by atoms with E-state index in [4.69, 9.17) is 18.9 Å².